The fourth-order valence-electron chi connectivity index (χ4n) is 1.73. The van der Waals surface area contributed by atoms with Gasteiger partial charge in [-0.2, -0.15) is 0 Å². The summed E-state index contributed by atoms with van der Waals surface area (Å²) in [5.74, 6) is -0.940. The number of benzene rings is 2. The highest BCUT2D eigenvalue weighted by Gasteiger charge is 2.08. The molecule has 0 aliphatic heterocycles. The zero-order valence-electron chi connectivity index (χ0n) is 11.3. The van der Waals surface area contributed by atoms with Crippen molar-refractivity contribution in [1.29, 1.82) is 0 Å². The number of phenolic OH excluding ortho intramolecular Hbond substituents is 1. The van der Waals surface area contributed by atoms with E-state index in [1.165, 1.54) is 24.3 Å². The number of halogens is 2. The Morgan fingerprint density at radius 2 is 1.64 bits per heavy atom. The largest absolute Gasteiger partial charge is 0.507 e. The van der Waals surface area contributed by atoms with Gasteiger partial charge in [-0.3, -0.25) is 4.79 Å². The molecule has 2 aromatic rings. The third-order valence-corrected chi connectivity index (χ3v) is 3.31. The first-order chi connectivity index (χ1) is 10.5. The number of aliphatic hydroxyl groups excluding tert-OH is 1. The van der Waals surface area contributed by atoms with Crippen LogP contribution in [0.25, 0.3) is 11.8 Å². The van der Waals surface area contributed by atoms with E-state index >= 15 is 0 Å². The van der Waals surface area contributed by atoms with Gasteiger partial charge in [0, 0.05) is 16.1 Å². The molecule has 0 aliphatic rings. The number of aliphatic hydroxyl groups is 1. The first-order valence-electron chi connectivity index (χ1n) is 6.33. The first kappa shape index (κ1) is 16.1. The smallest absolute Gasteiger partial charge is 0.182 e. The zero-order valence-corrected chi connectivity index (χ0v) is 12.8. The number of hydrogen-bond acceptors (Lipinski definition) is 3. The fourth-order valence-corrected chi connectivity index (χ4v) is 2.02. The Kier molecular flexibility index (Phi) is 5.26. The Hall–Kier alpha value is -2.23. The zero-order chi connectivity index (χ0) is 16.1. The second-order valence-corrected chi connectivity index (χ2v) is 5.35. The Bertz CT molecular complexity index is 747. The maximum Gasteiger partial charge on any atom is 0.182 e. The molecule has 0 heterocycles. The molecule has 0 aromatic heterocycles. The van der Waals surface area contributed by atoms with Gasteiger partial charge in [-0.05, 0) is 42.0 Å². The molecule has 2 rings (SSSR count). The van der Waals surface area contributed by atoms with Gasteiger partial charge >= 0.3 is 0 Å². The third-order valence-electron chi connectivity index (χ3n) is 2.82. The van der Waals surface area contributed by atoms with Gasteiger partial charge in [0.1, 0.15) is 11.5 Å². The predicted molar refractivity (Wildman–Crippen MR) is 89.2 cm³/mol. The summed E-state index contributed by atoms with van der Waals surface area (Å²) in [6.07, 6.45) is 3.92. The minimum absolute atomic E-state index is 0.0979. The number of ketones is 1. The van der Waals surface area contributed by atoms with Crippen molar-refractivity contribution < 1.29 is 15.0 Å². The highest BCUT2D eigenvalue weighted by atomic mass is 35.5. The molecular formula is C17H12Cl2O3. The van der Waals surface area contributed by atoms with E-state index < -0.39 is 5.78 Å². The van der Waals surface area contributed by atoms with Crippen molar-refractivity contribution in [2.24, 2.45) is 0 Å². The number of hydrogen-bond donors (Lipinski definition) is 2. The van der Waals surface area contributed by atoms with Crippen LogP contribution in [-0.2, 0) is 4.79 Å². The fraction of sp³-hybridized carbons (Fsp3) is 0. The van der Waals surface area contributed by atoms with E-state index in [0.29, 0.717) is 10.0 Å². The van der Waals surface area contributed by atoms with Crippen molar-refractivity contribution >= 4 is 40.8 Å². The molecule has 0 saturated carbocycles. The van der Waals surface area contributed by atoms with Crippen LogP contribution >= 0.6 is 23.2 Å². The molecule has 0 amide bonds. The molecule has 3 nitrogen and oxygen atoms in total. The molecule has 0 radical (unpaired) electrons. The quantitative estimate of drug-likeness (QED) is 0.618. The molecule has 0 unspecified atom stereocenters. The van der Waals surface area contributed by atoms with Gasteiger partial charge in [-0.1, -0.05) is 41.4 Å². The summed E-state index contributed by atoms with van der Waals surface area (Å²) in [6.45, 7) is 0. The molecular weight excluding hydrogens is 323 g/mol. The van der Waals surface area contributed by atoms with Crippen LogP contribution in [0.3, 0.4) is 0 Å². The molecule has 5 heteroatoms. The number of rotatable bonds is 4. The van der Waals surface area contributed by atoms with E-state index in [0.717, 1.165) is 11.6 Å². The monoisotopic (exact) mass is 334 g/mol. The van der Waals surface area contributed by atoms with E-state index in [9.17, 15) is 15.0 Å². The van der Waals surface area contributed by atoms with Crippen molar-refractivity contribution in [2.75, 3.05) is 0 Å². The van der Waals surface area contributed by atoms with Crippen LogP contribution in [0.4, 0.5) is 0 Å². The Morgan fingerprint density at radius 3 is 2.32 bits per heavy atom. The highest BCUT2D eigenvalue weighted by molar-refractivity contribution is 6.31. The minimum atomic E-state index is -0.424. The van der Waals surface area contributed by atoms with Crippen molar-refractivity contribution in [2.45, 2.75) is 0 Å². The molecule has 2 aromatic carbocycles. The number of allylic oxidation sites excluding steroid dienone is 2. The first-order valence-corrected chi connectivity index (χ1v) is 7.08. The lowest BCUT2D eigenvalue weighted by molar-refractivity contribution is -0.110. The van der Waals surface area contributed by atoms with Gasteiger partial charge in [0.05, 0.1) is 5.56 Å². The second kappa shape index (κ2) is 7.16. The molecule has 0 atom stereocenters. The number of aromatic hydroxyl groups is 1. The maximum absolute atomic E-state index is 11.8. The van der Waals surface area contributed by atoms with Gasteiger partial charge in [0.2, 0.25) is 0 Å². The van der Waals surface area contributed by atoms with Crippen LogP contribution < -0.4 is 0 Å². The summed E-state index contributed by atoms with van der Waals surface area (Å²) in [5.41, 5.74) is 0.900. The van der Waals surface area contributed by atoms with Gasteiger partial charge in [0.25, 0.3) is 0 Å². The van der Waals surface area contributed by atoms with Crippen LogP contribution in [0.15, 0.2) is 54.6 Å². The molecule has 0 bridgehead atoms. The van der Waals surface area contributed by atoms with Crippen LogP contribution in [0.2, 0.25) is 10.0 Å². The summed E-state index contributed by atoms with van der Waals surface area (Å²) < 4.78 is 0. The topological polar surface area (TPSA) is 57.5 Å². The van der Waals surface area contributed by atoms with Crippen LogP contribution in [-0.4, -0.2) is 16.0 Å². The summed E-state index contributed by atoms with van der Waals surface area (Å²) in [7, 11) is 0. The summed E-state index contributed by atoms with van der Waals surface area (Å²) in [5, 5.41) is 20.5. The average Bonchev–Trinajstić information content (AvgIpc) is 2.49. The number of carbonyl (C=O) groups excluding carboxylic acids is 1. The Balaban J connectivity index is 2.15. The lowest BCUT2D eigenvalue weighted by atomic mass is 10.1. The molecule has 0 aliphatic carbocycles. The van der Waals surface area contributed by atoms with E-state index in [1.54, 1.807) is 30.3 Å². The van der Waals surface area contributed by atoms with Gasteiger partial charge < -0.3 is 10.2 Å². The highest BCUT2D eigenvalue weighted by Crippen LogP contribution is 2.26. The molecule has 0 spiro atoms. The van der Waals surface area contributed by atoms with Crippen molar-refractivity contribution in [3.05, 3.63) is 75.8 Å². The van der Waals surface area contributed by atoms with E-state index in [1.807, 2.05) is 0 Å². The Labute approximate surface area is 137 Å². The van der Waals surface area contributed by atoms with E-state index in [4.69, 9.17) is 23.2 Å². The van der Waals surface area contributed by atoms with Gasteiger partial charge in [-0.15, -0.1) is 0 Å². The van der Waals surface area contributed by atoms with Crippen molar-refractivity contribution in [3.8, 4) is 5.75 Å². The predicted octanol–water partition coefficient (Wildman–Crippen LogP) is 4.88. The SMILES string of the molecule is O=C(/C=C/c1ccc(Cl)cc1)/C=C(/O)c1cc(Cl)ccc1O. The lowest BCUT2D eigenvalue weighted by Crippen LogP contribution is -1.91. The maximum atomic E-state index is 11.8. The van der Waals surface area contributed by atoms with Gasteiger partial charge in [-0.25, -0.2) is 0 Å². The third kappa shape index (κ3) is 4.38. The average molecular weight is 335 g/mol. The van der Waals surface area contributed by atoms with Crippen LogP contribution in [0.5, 0.6) is 5.75 Å². The number of carbonyl (C=O) groups is 1. The van der Waals surface area contributed by atoms with Crippen LogP contribution in [0.1, 0.15) is 11.1 Å². The number of phenols is 1. The van der Waals surface area contributed by atoms with Gasteiger partial charge in [0.15, 0.2) is 5.78 Å². The minimum Gasteiger partial charge on any atom is -0.507 e. The van der Waals surface area contributed by atoms with Crippen molar-refractivity contribution in [1.82, 2.24) is 0 Å². The van der Waals surface area contributed by atoms with E-state index in [-0.39, 0.29) is 17.1 Å². The normalized spacial score (nSPS) is 11.8. The molecule has 112 valence electrons. The standard InChI is InChI=1S/C17H12Cl2O3/c18-12-4-1-11(2-5-12)3-7-14(20)10-17(22)15-9-13(19)6-8-16(15)21/h1-10,21-22H/b7-3+,17-10+. The van der Waals surface area contributed by atoms with E-state index in [2.05, 4.69) is 0 Å². The Morgan fingerprint density at radius 1 is 1.00 bits per heavy atom. The molecule has 2 N–H and O–H groups in total. The molecule has 0 saturated heterocycles. The lowest BCUT2D eigenvalue weighted by Gasteiger charge is -2.03. The molecule has 22 heavy (non-hydrogen) atoms. The summed E-state index contributed by atoms with van der Waals surface area (Å²) in [4.78, 5) is 11.8. The van der Waals surface area contributed by atoms with Crippen molar-refractivity contribution in [3.63, 3.8) is 0 Å². The van der Waals surface area contributed by atoms with Crippen LogP contribution in [0, 0.1) is 0 Å². The summed E-state index contributed by atoms with van der Waals surface area (Å²) in [6, 6.07) is 11.1. The molecule has 0 fully saturated rings. The summed E-state index contributed by atoms with van der Waals surface area (Å²) >= 11 is 11.6. The second-order valence-electron chi connectivity index (χ2n) is 4.48.